The highest BCUT2D eigenvalue weighted by Gasteiger charge is 2.39. The fourth-order valence-electron chi connectivity index (χ4n) is 3.57. The molecule has 1 fully saturated rings. The Morgan fingerprint density at radius 2 is 2.07 bits per heavy atom. The molecule has 138 valence electrons. The molecule has 0 radical (unpaired) electrons. The van der Waals surface area contributed by atoms with Crippen molar-refractivity contribution in [1.82, 2.24) is 10.3 Å². The summed E-state index contributed by atoms with van der Waals surface area (Å²) in [7, 11) is -3.29. The van der Waals surface area contributed by atoms with Gasteiger partial charge in [-0.15, -0.1) is 0 Å². The highest BCUT2D eigenvalue weighted by Crippen LogP contribution is 2.43. The van der Waals surface area contributed by atoms with Crippen molar-refractivity contribution in [3.8, 4) is 6.07 Å². The molecule has 1 amide bonds. The zero-order valence-electron chi connectivity index (χ0n) is 14.4. The monoisotopic (exact) mass is 383 g/mol. The Kier molecular flexibility index (Phi) is 3.93. The number of hydrogen-bond acceptors (Lipinski definition) is 5. The van der Waals surface area contributed by atoms with Gasteiger partial charge in [0.15, 0.2) is 9.84 Å². The molecule has 2 aliphatic rings. The van der Waals surface area contributed by atoms with Gasteiger partial charge in [0.25, 0.3) is 11.5 Å². The fourth-order valence-corrected chi connectivity index (χ4v) is 4.81. The summed E-state index contributed by atoms with van der Waals surface area (Å²) >= 11 is 0. The minimum atomic E-state index is -3.29. The van der Waals surface area contributed by atoms with E-state index < -0.39 is 32.8 Å². The molecule has 2 aromatic rings. The number of aromatic amines is 1. The number of fused-ring (bicyclic) bond motifs is 1. The molecule has 4 rings (SSSR count). The minimum Gasteiger partial charge on any atom is -0.345 e. The number of aromatic nitrogens is 1. The zero-order valence-corrected chi connectivity index (χ0v) is 15.2. The van der Waals surface area contributed by atoms with Crippen molar-refractivity contribution in [2.24, 2.45) is 0 Å². The molecule has 0 bridgehead atoms. The van der Waals surface area contributed by atoms with Gasteiger partial charge in [0, 0.05) is 10.9 Å². The van der Waals surface area contributed by atoms with Gasteiger partial charge >= 0.3 is 0 Å². The van der Waals surface area contributed by atoms with Crippen LogP contribution in [0.5, 0.6) is 0 Å². The second-order valence-electron chi connectivity index (χ2n) is 7.10. The third-order valence-electron chi connectivity index (χ3n) is 5.31. The topological polar surface area (TPSA) is 120 Å². The van der Waals surface area contributed by atoms with Crippen molar-refractivity contribution in [3.05, 3.63) is 57.2 Å². The minimum absolute atomic E-state index is 0.0772. The van der Waals surface area contributed by atoms with Crippen molar-refractivity contribution >= 4 is 26.6 Å². The number of H-pyrrole nitrogens is 1. The second kappa shape index (κ2) is 6.06. The van der Waals surface area contributed by atoms with Crippen LogP contribution >= 0.6 is 0 Å². The van der Waals surface area contributed by atoms with Crippen LogP contribution in [0.4, 0.5) is 0 Å². The van der Waals surface area contributed by atoms with Crippen LogP contribution in [-0.2, 0) is 15.3 Å². The lowest BCUT2D eigenvalue weighted by atomic mass is 9.65. The number of nitriles is 1. The Balaban J connectivity index is 1.64. The number of nitrogens with zero attached hydrogens (tertiary/aromatic N) is 1. The molecule has 27 heavy (non-hydrogen) atoms. The van der Waals surface area contributed by atoms with Crippen molar-refractivity contribution in [2.45, 2.75) is 30.7 Å². The third kappa shape index (κ3) is 3.04. The van der Waals surface area contributed by atoms with Crippen LogP contribution in [0.2, 0.25) is 0 Å². The van der Waals surface area contributed by atoms with E-state index in [2.05, 4.69) is 16.4 Å². The summed E-state index contributed by atoms with van der Waals surface area (Å²) in [6.07, 6.45) is 4.01. The van der Waals surface area contributed by atoms with E-state index in [1.54, 1.807) is 12.1 Å². The van der Waals surface area contributed by atoms with E-state index in [-0.39, 0.29) is 11.3 Å². The first kappa shape index (κ1) is 17.5. The van der Waals surface area contributed by atoms with Crippen LogP contribution in [0, 0.1) is 11.3 Å². The van der Waals surface area contributed by atoms with E-state index >= 15 is 0 Å². The lowest BCUT2D eigenvalue weighted by Crippen LogP contribution is -2.38. The van der Waals surface area contributed by atoms with Crippen LogP contribution in [0.1, 0.15) is 35.2 Å². The van der Waals surface area contributed by atoms with Crippen LogP contribution in [0.15, 0.2) is 40.5 Å². The predicted octanol–water partition coefficient (Wildman–Crippen LogP) is 1.51. The molecule has 1 atom stereocenters. The average Bonchev–Trinajstić information content (AvgIpc) is 2.92. The van der Waals surface area contributed by atoms with E-state index in [4.69, 9.17) is 0 Å². The summed E-state index contributed by atoms with van der Waals surface area (Å²) in [6, 6.07) is 8.66. The van der Waals surface area contributed by atoms with Gasteiger partial charge in [-0.3, -0.25) is 9.59 Å². The van der Waals surface area contributed by atoms with E-state index in [0.29, 0.717) is 10.9 Å². The summed E-state index contributed by atoms with van der Waals surface area (Å²) < 4.78 is 22.9. The van der Waals surface area contributed by atoms with Crippen molar-refractivity contribution < 1.29 is 13.2 Å². The number of nitrogens with one attached hydrogen (secondary N) is 2. The molecule has 8 heteroatoms. The average molecular weight is 383 g/mol. The summed E-state index contributed by atoms with van der Waals surface area (Å²) in [5, 5.41) is 13.8. The van der Waals surface area contributed by atoms with Gasteiger partial charge < -0.3 is 10.3 Å². The molecule has 1 aromatic carbocycles. The van der Waals surface area contributed by atoms with E-state index in [0.717, 1.165) is 30.2 Å². The lowest BCUT2D eigenvalue weighted by molar-refractivity contribution is 0.0946. The summed E-state index contributed by atoms with van der Waals surface area (Å²) in [6.45, 7) is 0. The van der Waals surface area contributed by atoms with Gasteiger partial charge in [0.05, 0.1) is 23.3 Å². The van der Waals surface area contributed by atoms with Gasteiger partial charge in [-0.05, 0) is 48.4 Å². The summed E-state index contributed by atoms with van der Waals surface area (Å²) in [4.78, 5) is 27.5. The molecule has 2 N–H and O–H groups in total. The number of rotatable bonds is 3. The number of carbonyl (C=O) groups is 1. The molecule has 1 aliphatic carbocycles. The maximum Gasteiger partial charge on any atom is 0.261 e. The van der Waals surface area contributed by atoms with E-state index in [1.165, 1.54) is 12.1 Å². The molecule has 0 saturated heterocycles. The number of carbonyl (C=O) groups excluding carboxylic acids is 1. The maximum atomic E-state index is 12.4. The van der Waals surface area contributed by atoms with Crippen molar-refractivity contribution in [2.75, 3.05) is 5.75 Å². The molecular weight excluding hydrogens is 366 g/mol. The summed E-state index contributed by atoms with van der Waals surface area (Å²) in [5.41, 5.74) is 0.325. The van der Waals surface area contributed by atoms with Crippen LogP contribution in [-0.4, -0.2) is 31.1 Å². The van der Waals surface area contributed by atoms with Crippen LogP contribution in [0.25, 0.3) is 10.9 Å². The Morgan fingerprint density at radius 3 is 2.67 bits per heavy atom. The molecule has 1 aromatic heterocycles. The number of amides is 1. The normalized spacial score (nSPS) is 22.1. The van der Waals surface area contributed by atoms with Crippen LogP contribution in [0.3, 0.4) is 0 Å². The van der Waals surface area contributed by atoms with Gasteiger partial charge in [-0.1, -0.05) is 12.1 Å². The number of pyridine rings is 1. The SMILES string of the molecule is N#CC1(c2ccc3cc(C(=O)N[C@@H]4C=CS(=O)(=O)C4)c(=O)[nH]c3c2)CCC1. The third-order valence-corrected chi connectivity index (χ3v) is 6.71. The lowest BCUT2D eigenvalue weighted by Gasteiger charge is -2.35. The molecule has 7 nitrogen and oxygen atoms in total. The number of benzene rings is 1. The van der Waals surface area contributed by atoms with E-state index in [1.807, 2.05) is 6.07 Å². The Bertz CT molecular complexity index is 1180. The molecule has 1 aliphatic heterocycles. The van der Waals surface area contributed by atoms with Gasteiger partial charge in [0.1, 0.15) is 5.56 Å². The molecule has 1 saturated carbocycles. The van der Waals surface area contributed by atoms with Gasteiger partial charge in [0.2, 0.25) is 0 Å². The van der Waals surface area contributed by atoms with Crippen molar-refractivity contribution in [1.29, 1.82) is 5.26 Å². The number of sulfone groups is 1. The van der Waals surface area contributed by atoms with E-state index in [9.17, 15) is 23.3 Å². The Labute approximate surface area is 155 Å². The highest BCUT2D eigenvalue weighted by atomic mass is 32.2. The molecule has 2 heterocycles. The van der Waals surface area contributed by atoms with Crippen LogP contribution < -0.4 is 10.9 Å². The largest absolute Gasteiger partial charge is 0.345 e. The quantitative estimate of drug-likeness (QED) is 0.832. The Morgan fingerprint density at radius 1 is 1.30 bits per heavy atom. The smallest absolute Gasteiger partial charge is 0.261 e. The standard InChI is InChI=1S/C19H17N3O4S/c20-11-19(5-1-6-19)13-3-2-12-8-15(18(24)22-16(12)9-13)17(23)21-14-4-7-27(25,26)10-14/h2-4,7-9,14H,1,5-6,10H2,(H,21,23)(H,22,24)/t14-/m1/s1. The zero-order chi connectivity index (χ0) is 19.2. The van der Waals surface area contributed by atoms with Crippen molar-refractivity contribution in [3.63, 3.8) is 0 Å². The first-order chi connectivity index (χ1) is 12.8. The molecular formula is C19H17N3O4S. The molecule has 0 spiro atoms. The fraction of sp³-hybridized carbons (Fsp3) is 0.316. The predicted molar refractivity (Wildman–Crippen MR) is 99.9 cm³/mol. The first-order valence-electron chi connectivity index (χ1n) is 8.63. The first-order valence-corrected chi connectivity index (χ1v) is 10.3. The van der Waals surface area contributed by atoms with Gasteiger partial charge in [-0.25, -0.2) is 8.42 Å². The summed E-state index contributed by atoms with van der Waals surface area (Å²) in [5.74, 6) is -0.828. The number of hydrogen-bond donors (Lipinski definition) is 2. The Hall–Kier alpha value is -2.92. The molecule has 0 unspecified atom stereocenters. The second-order valence-corrected chi connectivity index (χ2v) is 9.03. The highest BCUT2D eigenvalue weighted by molar-refractivity contribution is 7.94. The maximum absolute atomic E-state index is 12.4. The van der Waals surface area contributed by atoms with Gasteiger partial charge in [-0.2, -0.15) is 5.26 Å².